The molecule has 0 unspecified atom stereocenters. The number of thioether (sulfide) groups is 1. The number of carbonyl (C=O) groups excluding carboxylic acids is 1. The molecule has 3 aromatic rings. The molecule has 138 valence electrons. The Labute approximate surface area is 163 Å². The van der Waals surface area contributed by atoms with Gasteiger partial charge in [0.05, 0.1) is 5.25 Å². The summed E-state index contributed by atoms with van der Waals surface area (Å²) in [6.07, 6.45) is 3.44. The normalized spacial score (nSPS) is 14.0. The second-order valence-corrected chi connectivity index (χ2v) is 8.23. The van der Waals surface area contributed by atoms with Gasteiger partial charge in [-0.2, -0.15) is 0 Å². The molecule has 1 aromatic heterocycles. The average molecular weight is 379 g/mol. The quantitative estimate of drug-likeness (QED) is 0.646. The van der Waals surface area contributed by atoms with Gasteiger partial charge in [-0.15, -0.1) is 5.10 Å². The van der Waals surface area contributed by atoms with Crippen molar-refractivity contribution in [3.63, 3.8) is 0 Å². The van der Waals surface area contributed by atoms with E-state index < -0.39 is 0 Å². The molecular weight excluding hydrogens is 356 g/mol. The fourth-order valence-corrected chi connectivity index (χ4v) is 3.97. The van der Waals surface area contributed by atoms with Crippen LogP contribution in [-0.4, -0.2) is 26.3 Å². The van der Waals surface area contributed by atoms with Gasteiger partial charge < -0.3 is 5.32 Å². The predicted octanol–water partition coefficient (Wildman–Crippen LogP) is 4.39. The van der Waals surface area contributed by atoms with E-state index in [9.17, 15) is 4.79 Å². The lowest BCUT2D eigenvalue weighted by molar-refractivity contribution is -0.115. The number of nitrogens with zero attached hydrogens (tertiary/aromatic N) is 2. The lowest BCUT2D eigenvalue weighted by atomic mass is 10.1. The molecule has 1 aliphatic carbocycles. The number of rotatable bonds is 5. The number of nitrogens with one attached hydrogen (secondary N) is 2. The number of H-pyrrole nitrogens is 1. The summed E-state index contributed by atoms with van der Waals surface area (Å²) in [5.41, 5.74) is 5.80. The second kappa shape index (κ2) is 7.56. The van der Waals surface area contributed by atoms with Crippen LogP contribution >= 0.6 is 11.8 Å². The Hall–Kier alpha value is -2.60. The predicted molar refractivity (Wildman–Crippen MR) is 109 cm³/mol. The van der Waals surface area contributed by atoms with Gasteiger partial charge in [-0.05, 0) is 56.4 Å². The van der Waals surface area contributed by atoms with Crippen LogP contribution in [0.5, 0.6) is 0 Å². The van der Waals surface area contributed by atoms with Gasteiger partial charge in [0.25, 0.3) is 0 Å². The molecule has 2 aromatic carbocycles. The summed E-state index contributed by atoms with van der Waals surface area (Å²) in [5, 5.41) is 10.5. The van der Waals surface area contributed by atoms with Gasteiger partial charge in [0, 0.05) is 11.3 Å². The topological polar surface area (TPSA) is 70.7 Å². The van der Waals surface area contributed by atoms with Crippen LogP contribution in [0.1, 0.15) is 30.0 Å². The van der Waals surface area contributed by atoms with Crippen LogP contribution in [-0.2, 0) is 17.6 Å². The van der Waals surface area contributed by atoms with Gasteiger partial charge in [-0.25, -0.2) is 4.98 Å². The highest BCUT2D eigenvalue weighted by molar-refractivity contribution is 8.00. The Balaban J connectivity index is 1.39. The maximum Gasteiger partial charge on any atom is 0.237 e. The minimum absolute atomic E-state index is 0.0420. The lowest BCUT2D eigenvalue weighted by Gasteiger charge is -2.11. The maximum atomic E-state index is 12.5. The zero-order valence-electron chi connectivity index (χ0n) is 15.5. The molecule has 1 atom stereocenters. The molecule has 0 saturated carbocycles. The summed E-state index contributed by atoms with van der Waals surface area (Å²) < 4.78 is 0. The largest absolute Gasteiger partial charge is 0.325 e. The van der Waals surface area contributed by atoms with Gasteiger partial charge in [0.2, 0.25) is 11.1 Å². The lowest BCUT2D eigenvalue weighted by Crippen LogP contribution is -2.22. The van der Waals surface area contributed by atoms with Gasteiger partial charge in [-0.3, -0.25) is 9.89 Å². The molecule has 1 aliphatic rings. The third-order valence-corrected chi connectivity index (χ3v) is 5.77. The Kier molecular flexibility index (Phi) is 4.99. The van der Waals surface area contributed by atoms with E-state index in [0.29, 0.717) is 11.0 Å². The molecule has 1 amide bonds. The minimum Gasteiger partial charge on any atom is -0.325 e. The number of hydrogen-bond donors (Lipinski definition) is 2. The van der Waals surface area contributed by atoms with Crippen LogP contribution in [0.15, 0.2) is 47.6 Å². The molecule has 0 radical (unpaired) electrons. The van der Waals surface area contributed by atoms with Crippen molar-refractivity contribution in [3.05, 3.63) is 59.2 Å². The highest BCUT2D eigenvalue weighted by Crippen LogP contribution is 2.27. The standard InChI is InChI=1S/C21H22N4OS/c1-13-6-8-16(9-7-13)19-23-21(25-24-19)27-14(2)20(26)22-18-11-10-15-4-3-5-17(15)12-18/h6-12,14H,3-5H2,1-2H3,(H,22,26)(H,23,24,25)/t14-/m0/s1. The van der Waals surface area contributed by atoms with Crippen molar-refractivity contribution in [2.75, 3.05) is 5.32 Å². The first-order chi connectivity index (χ1) is 13.1. The molecule has 0 spiro atoms. The van der Waals surface area contributed by atoms with Gasteiger partial charge in [0.15, 0.2) is 5.82 Å². The highest BCUT2D eigenvalue weighted by atomic mass is 32.2. The van der Waals surface area contributed by atoms with Crippen LogP contribution in [0.25, 0.3) is 11.4 Å². The van der Waals surface area contributed by atoms with Crippen LogP contribution < -0.4 is 5.32 Å². The summed E-state index contributed by atoms with van der Waals surface area (Å²) in [6, 6.07) is 14.3. The Morgan fingerprint density at radius 2 is 1.93 bits per heavy atom. The van der Waals surface area contributed by atoms with E-state index >= 15 is 0 Å². The van der Waals surface area contributed by atoms with E-state index in [1.54, 1.807) is 0 Å². The van der Waals surface area contributed by atoms with Crippen molar-refractivity contribution >= 4 is 23.4 Å². The molecule has 4 rings (SSSR count). The zero-order chi connectivity index (χ0) is 18.8. The van der Waals surface area contributed by atoms with Crippen molar-refractivity contribution in [1.29, 1.82) is 0 Å². The monoisotopic (exact) mass is 378 g/mol. The molecule has 0 fully saturated rings. The first-order valence-electron chi connectivity index (χ1n) is 9.17. The summed E-state index contributed by atoms with van der Waals surface area (Å²) >= 11 is 1.35. The molecule has 0 bridgehead atoms. The molecule has 6 heteroatoms. The summed E-state index contributed by atoms with van der Waals surface area (Å²) in [6.45, 7) is 3.92. The van der Waals surface area contributed by atoms with E-state index in [4.69, 9.17) is 0 Å². The van der Waals surface area contributed by atoms with Crippen molar-refractivity contribution < 1.29 is 4.79 Å². The fraction of sp³-hybridized carbons (Fsp3) is 0.286. The number of aromatic amines is 1. The Morgan fingerprint density at radius 1 is 1.15 bits per heavy atom. The fourth-order valence-electron chi connectivity index (χ4n) is 3.24. The number of hydrogen-bond acceptors (Lipinski definition) is 4. The van der Waals surface area contributed by atoms with Crippen LogP contribution in [0, 0.1) is 6.92 Å². The van der Waals surface area contributed by atoms with E-state index in [0.717, 1.165) is 24.1 Å². The molecule has 27 heavy (non-hydrogen) atoms. The zero-order valence-corrected chi connectivity index (χ0v) is 16.3. The number of amides is 1. The number of benzene rings is 2. The molecule has 0 aliphatic heterocycles. The third kappa shape index (κ3) is 4.06. The summed E-state index contributed by atoms with van der Waals surface area (Å²) in [4.78, 5) is 17.0. The molecule has 1 heterocycles. The van der Waals surface area contributed by atoms with Gasteiger partial charge >= 0.3 is 0 Å². The van der Waals surface area contributed by atoms with Gasteiger partial charge in [-0.1, -0.05) is 47.7 Å². The average Bonchev–Trinajstić information content (AvgIpc) is 3.31. The van der Waals surface area contributed by atoms with Crippen LogP contribution in [0.2, 0.25) is 0 Å². The van der Waals surface area contributed by atoms with Gasteiger partial charge in [0.1, 0.15) is 0 Å². The SMILES string of the molecule is Cc1ccc(-c2nc(S[C@@H](C)C(=O)Nc3ccc4c(c3)CCC4)n[nH]2)cc1. The highest BCUT2D eigenvalue weighted by Gasteiger charge is 2.19. The van der Waals surface area contributed by atoms with E-state index in [-0.39, 0.29) is 11.2 Å². The van der Waals surface area contributed by atoms with Crippen LogP contribution in [0.4, 0.5) is 5.69 Å². The van der Waals surface area contributed by atoms with E-state index in [1.165, 1.54) is 34.9 Å². The maximum absolute atomic E-state index is 12.5. The first kappa shape index (κ1) is 17.8. The number of anilines is 1. The number of fused-ring (bicyclic) bond motifs is 1. The van der Waals surface area contributed by atoms with E-state index in [2.05, 4.69) is 32.6 Å². The number of aromatic nitrogens is 3. The van der Waals surface area contributed by atoms with E-state index in [1.807, 2.05) is 44.2 Å². The van der Waals surface area contributed by atoms with Crippen molar-refractivity contribution in [2.45, 2.75) is 43.5 Å². The minimum atomic E-state index is -0.292. The molecule has 2 N–H and O–H groups in total. The van der Waals surface area contributed by atoms with Crippen molar-refractivity contribution in [2.24, 2.45) is 0 Å². The third-order valence-electron chi connectivity index (χ3n) is 4.81. The Bertz CT molecular complexity index is 965. The smallest absolute Gasteiger partial charge is 0.237 e. The van der Waals surface area contributed by atoms with Crippen LogP contribution in [0.3, 0.4) is 0 Å². The number of carbonyl (C=O) groups is 1. The number of aryl methyl sites for hydroxylation is 3. The first-order valence-corrected chi connectivity index (χ1v) is 10.1. The van der Waals surface area contributed by atoms with Crippen molar-refractivity contribution in [3.8, 4) is 11.4 Å². The second-order valence-electron chi connectivity index (χ2n) is 6.92. The summed E-state index contributed by atoms with van der Waals surface area (Å²) in [5.74, 6) is 0.670. The molecule has 0 saturated heterocycles. The molecular formula is C21H22N4OS. The Morgan fingerprint density at radius 3 is 2.74 bits per heavy atom. The molecule has 5 nitrogen and oxygen atoms in total. The summed E-state index contributed by atoms with van der Waals surface area (Å²) in [7, 11) is 0. The van der Waals surface area contributed by atoms with Crippen molar-refractivity contribution in [1.82, 2.24) is 15.2 Å².